The molecule has 1 amide bonds. The number of aliphatic imine (C=N–C) groups is 1. The first-order chi connectivity index (χ1) is 14.0. The van der Waals surface area contributed by atoms with Crippen LogP contribution in [-0.4, -0.2) is 39.4 Å². The number of carboxylic acids is 1. The number of nitrogens with one attached hydrogen (secondary N) is 1. The van der Waals surface area contributed by atoms with E-state index in [-0.39, 0.29) is 24.8 Å². The minimum atomic E-state index is -0.834. The third-order valence-electron chi connectivity index (χ3n) is 4.43. The van der Waals surface area contributed by atoms with E-state index in [0.717, 1.165) is 32.7 Å². The maximum absolute atomic E-state index is 12.2. The highest BCUT2D eigenvalue weighted by Crippen LogP contribution is 2.34. The number of carbonyl (C=O) groups excluding carboxylic acids is 1. The summed E-state index contributed by atoms with van der Waals surface area (Å²) in [6, 6.07) is 7.57. The Bertz CT molecular complexity index is 1030. The van der Waals surface area contributed by atoms with Crippen molar-refractivity contribution in [1.29, 1.82) is 0 Å². The molecule has 8 nitrogen and oxygen atoms in total. The molecule has 0 saturated heterocycles. The molecule has 1 aliphatic rings. The van der Waals surface area contributed by atoms with Crippen LogP contribution in [0.2, 0.25) is 0 Å². The SMILES string of the molecule is O=C(O)CCCCCNC(=O)Cn1c(O)c(/C=C2\C=Nc3ccccc32)sc1=O. The van der Waals surface area contributed by atoms with Crippen molar-refractivity contribution in [1.82, 2.24) is 9.88 Å². The number of hydrogen-bond donors (Lipinski definition) is 3. The van der Waals surface area contributed by atoms with Gasteiger partial charge in [0.25, 0.3) is 0 Å². The summed E-state index contributed by atoms with van der Waals surface area (Å²) in [5, 5.41) is 21.7. The van der Waals surface area contributed by atoms with Crippen molar-refractivity contribution in [3.63, 3.8) is 0 Å². The summed E-state index contributed by atoms with van der Waals surface area (Å²) in [5.74, 6) is -1.47. The van der Waals surface area contributed by atoms with Crippen molar-refractivity contribution in [3.05, 3.63) is 44.4 Å². The summed E-state index contributed by atoms with van der Waals surface area (Å²) in [6.45, 7) is 0.117. The molecule has 3 rings (SSSR count). The topological polar surface area (TPSA) is 121 Å². The second kappa shape index (κ2) is 9.33. The van der Waals surface area contributed by atoms with Gasteiger partial charge >= 0.3 is 10.8 Å². The number of nitrogens with zero attached hydrogens (tertiary/aromatic N) is 2. The largest absolute Gasteiger partial charge is 0.493 e. The molecule has 0 fully saturated rings. The van der Waals surface area contributed by atoms with Gasteiger partial charge in [-0.2, -0.15) is 0 Å². The zero-order chi connectivity index (χ0) is 20.8. The first-order valence-electron chi connectivity index (χ1n) is 9.22. The van der Waals surface area contributed by atoms with Crippen LogP contribution in [0.4, 0.5) is 5.69 Å². The zero-order valence-corrected chi connectivity index (χ0v) is 16.4. The van der Waals surface area contributed by atoms with E-state index in [1.807, 2.05) is 24.3 Å². The van der Waals surface area contributed by atoms with E-state index in [4.69, 9.17) is 5.11 Å². The number of aliphatic carboxylic acids is 1. The number of unbranched alkanes of at least 4 members (excludes halogenated alkanes) is 2. The number of aromatic nitrogens is 1. The Balaban J connectivity index is 1.60. The minimum absolute atomic E-state index is 0.111. The van der Waals surface area contributed by atoms with Crippen LogP contribution in [0.5, 0.6) is 5.88 Å². The van der Waals surface area contributed by atoms with Crippen LogP contribution in [0.3, 0.4) is 0 Å². The van der Waals surface area contributed by atoms with Gasteiger partial charge in [-0.25, -0.2) is 0 Å². The molecule has 29 heavy (non-hydrogen) atoms. The van der Waals surface area contributed by atoms with Crippen LogP contribution >= 0.6 is 11.3 Å². The van der Waals surface area contributed by atoms with Crippen LogP contribution < -0.4 is 10.2 Å². The smallest absolute Gasteiger partial charge is 0.311 e. The van der Waals surface area contributed by atoms with Crippen molar-refractivity contribution in [3.8, 4) is 5.88 Å². The predicted octanol–water partition coefficient (Wildman–Crippen LogP) is 2.63. The molecule has 0 aliphatic carbocycles. The Morgan fingerprint density at radius 1 is 1.21 bits per heavy atom. The highest BCUT2D eigenvalue weighted by atomic mass is 32.1. The number of carbonyl (C=O) groups is 2. The molecule has 3 N–H and O–H groups in total. The molecule has 1 aliphatic heterocycles. The molecule has 2 heterocycles. The average Bonchev–Trinajstić information content (AvgIpc) is 3.21. The molecule has 0 unspecified atom stereocenters. The lowest BCUT2D eigenvalue weighted by Gasteiger charge is -2.06. The van der Waals surface area contributed by atoms with E-state index in [9.17, 15) is 19.5 Å². The molecular formula is C20H21N3O5S. The molecule has 152 valence electrons. The van der Waals surface area contributed by atoms with Crippen LogP contribution in [0.1, 0.15) is 36.1 Å². The number of carboxylic acid groups (broad SMARTS) is 1. The molecule has 0 bridgehead atoms. The number of hydrogen-bond acceptors (Lipinski definition) is 6. The number of aromatic hydroxyl groups is 1. The van der Waals surface area contributed by atoms with Gasteiger partial charge in [-0.3, -0.25) is 23.9 Å². The van der Waals surface area contributed by atoms with E-state index in [1.54, 1.807) is 12.3 Å². The summed E-state index contributed by atoms with van der Waals surface area (Å²) >= 11 is 0.866. The van der Waals surface area contributed by atoms with Crippen molar-refractivity contribution in [2.45, 2.75) is 32.2 Å². The highest BCUT2D eigenvalue weighted by molar-refractivity contribution is 7.10. The standard InChI is InChI=1S/C20H21N3O5S/c24-17(21-9-5-1-2-8-18(25)26)12-23-19(27)16(29-20(23)28)10-13-11-22-15-7-4-3-6-14(13)15/h3-4,6-7,10-11,27H,1-2,5,8-9,12H2,(H,21,24)(H,25,26)/b13-10+. The fraction of sp³-hybridized carbons (Fsp3) is 0.300. The van der Waals surface area contributed by atoms with E-state index < -0.39 is 10.8 Å². The van der Waals surface area contributed by atoms with Gasteiger partial charge in [-0.1, -0.05) is 36.0 Å². The molecule has 2 aromatic rings. The summed E-state index contributed by atoms with van der Waals surface area (Å²) in [7, 11) is 0. The molecule has 0 atom stereocenters. The van der Waals surface area contributed by atoms with Crippen LogP contribution in [0, 0.1) is 0 Å². The number of fused-ring (bicyclic) bond motifs is 1. The third kappa shape index (κ3) is 5.20. The molecular weight excluding hydrogens is 394 g/mol. The van der Waals surface area contributed by atoms with Crippen molar-refractivity contribution in [2.75, 3.05) is 6.54 Å². The maximum atomic E-state index is 12.2. The maximum Gasteiger partial charge on any atom is 0.311 e. The number of amides is 1. The van der Waals surface area contributed by atoms with Crippen molar-refractivity contribution in [2.24, 2.45) is 4.99 Å². The monoisotopic (exact) mass is 415 g/mol. The zero-order valence-electron chi connectivity index (χ0n) is 15.6. The van der Waals surface area contributed by atoms with Gasteiger partial charge in [0, 0.05) is 30.3 Å². The molecule has 0 radical (unpaired) electrons. The second-order valence-corrected chi connectivity index (χ2v) is 7.56. The molecule has 1 aromatic heterocycles. The molecule has 0 spiro atoms. The number of para-hydroxylation sites is 1. The number of thiazole rings is 1. The van der Waals surface area contributed by atoms with Gasteiger partial charge < -0.3 is 15.5 Å². The predicted molar refractivity (Wildman–Crippen MR) is 112 cm³/mol. The van der Waals surface area contributed by atoms with Gasteiger partial charge in [0.1, 0.15) is 6.54 Å². The lowest BCUT2D eigenvalue weighted by atomic mass is 10.1. The third-order valence-corrected chi connectivity index (χ3v) is 5.34. The number of rotatable bonds is 9. The van der Waals surface area contributed by atoms with Crippen LogP contribution in [-0.2, 0) is 16.1 Å². The highest BCUT2D eigenvalue weighted by Gasteiger charge is 2.17. The second-order valence-electron chi connectivity index (χ2n) is 6.57. The van der Waals surface area contributed by atoms with Gasteiger partial charge in [-0.05, 0) is 25.0 Å². The van der Waals surface area contributed by atoms with Gasteiger partial charge in [0.2, 0.25) is 11.8 Å². The quantitative estimate of drug-likeness (QED) is 0.544. The first-order valence-corrected chi connectivity index (χ1v) is 10.0. The fourth-order valence-electron chi connectivity index (χ4n) is 2.95. The number of benzene rings is 1. The average molecular weight is 415 g/mol. The van der Waals surface area contributed by atoms with Crippen molar-refractivity contribution < 1.29 is 19.8 Å². The number of allylic oxidation sites excluding steroid dienone is 1. The first kappa shape index (κ1) is 20.5. The molecule has 9 heteroatoms. The summed E-state index contributed by atoms with van der Waals surface area (Å²) in [5.41, 5.74) is 2.53. The summed E-state index contributed by atoms with van der Waals surface area (Å²) < 4.78 is 1.04. The van der Waals surface area contributed by atoms with E-state index in [2.05, 4.69) is 10.3 Å². The van der Waals surface area contributed by atoms with Crippen LogP contribution in [0.25, 0.3) is 11.6 Å². The van der Waals surface area contributed by atoms with Crippen LogP contribution in [0.15, 0.2) is 34.1 Å². The van der Waals surface area contributed by atoms with E-state index >= 15 is 0 Å². The minimum Gasteiger partial charge on any atom is -0.493 e. The Morgan fingerprint density at radius 2 is 2.00 bits per heavy atom. The van der Waals surface area contributed by atoms with Gasteiger partial charge in [-0.15, -0.1) is 0 Å². The lowest BCUT2D eigenvalue weighted by Crippen LogP contribution is -2.31. The normalized spacial score (nSPS) is 13.6. The Kier molecular flexibility index (Phi) is 6.61. The van der Waals surface area contributed by atoms with E-state index in [1.165, 1.54) is 0 Å². The lowest BCUT2D eigenvalue weighted by molar-refractivity contribution is -0.137. The summed E-state index contributed by atoms with van der Waals surface area (Å²) in [4.78, 5) is 39.0. The van der Waals surface area contributed by atoms with Gasteiger partial charge in [0.15, 0.2) is 0 Å². The Labute approximate surface area is 170 Å². The Morgan fingerprint density at radius 3 is 2.79 bits per heavy atom. The van der Waals surface area contributed by atoms with Crippen molar-refractivity contribution >= 4 is 46.8 Å². The molecule has 1 aromatic carbocycles. The van der Waals surface area contributed by atoms with Gasteiger partial charge in [0.05, 0.1) is 10.6 Å². The Hall–Kier alpha value is -3.20. The fourth-order valence-corrected chi connectivity index (χ4v) is 3.78. The van der Waals surface area contributed by atoms with E-state index in [0.29, 0.717) is 30.7 Å². The molecule has 0 saturated carbocycles. The summed E-state index contributed by atoms with van der Waals surface area (Å²) in [6.07, 6.45) is 5.37.